The minimum atomic E-state index is -1.26. The summed E-state index contributed by atoms with van der Waals surface area (Å²) in [6, 6.07) is 8.21. The van der Waals surface area contributed by atoms with Crippen molar-refractivity contribution < 1.29 is 33.4 Å². The number of halogens is 1. The van der Waals surface area contributed by atoms with E-state index in [1.54, 1.807) is 24.3 Å². The zero-order chi connectivity index (χ0) is 30.4. The quantitative estimate of drug-likeness (QED) is 0.404. The third-order valence-corrected chi connectivity index (χ3v) is 8.16. The van der Waals surface area contributed by atoms with Crippen molar-refractivity contribution in [2.75, 3.05) is 61.1 Å². The van der Waals surface area contributed by atoms with E-state index in [0.717, 1.165) is 18.5 Å². The number of carbonyl (C=O) groups is 3. The number of cyclic esters (lactones) is 1. The van der Waals surface area contributed by atoms with Crippen LogP contribution in [0.3, 0.4) is 0 Å². The molecule has 2 aliphatic heterocycles. The number of carbonyl (C=O) groups excluding carboxylic acids is 2. The van der Waals surface area contributed by atoms with E-state index >= 15 is 4.39 Å². The normalized spacial score (nSPS) is 18.6. The number of aromatic nitrogens is 1. The fraction of sp³-hybridized carbons (Fsp3) is 0.400. The Bertz CT molecular complexity index is 1680. The van der Waals surface area contributed by atoms with Crippen LogP contribution in [0.5, 0.6) is 5.75 Å². The number of benzene rings is 2. The number of ether oxygens (including phenoxy) is 2. The third-order valence-electron chi connectivity index (χ3n) is 8.16. The van der Waals surface area contributed by atoms with Crippen molar-refractivity contribution in [1.82, 2.24) is 9.88 Å². The Balaban J connectivity index is 1.20. The molecule has 43 heavy (non-hydrogen) atoms. The maximum atomic E-state index is 15.3. The van der Waals surface area contributed by atoms with Gasteiger partial charge in [0.15, 0.2) is 5.75 Å². The van der Waals surface area contributed by atoms with Crippen LogP contribution in [0.2, 0.25) is 0 Å². The molecular formula is C30H32FN5O7. The summed E-state index contributed by atoms with van der Waals surface area (Å²) in [7, 11) is 1.54. The van der Waals surface area contributed by atoms with Crippen LogP contribution in [-0.4, -0.2) is 80.1 Å². The Morgan fingerprint density at radius 2 is 1.74 bits per heavy atom. The highest BCUT2D eigenvalue weighted by Gasteiger charge is 2.34. The lowest BCUT2D eigenvalue weighted by molar-refractivity contribution is -0.119. The van der Waals surface area contributed by atoms with E-state index in [1.807, 2.05) is 9.47 Å². The van der Waals surface area contributed by atoms with Crippen LogP contribution in [0.1, 0.15) is 36.2 Å². The van der Waals surface area contributed by atoms with E-state index in [-0.39, 0.29) is 30.6 Å². The van der Waals surface area contributed by atoms with Crippen LogP contribution in [0, 0.1) is 5.82 Å². The number of fused-ring (bicyclic) bond motifs is 1. The van der Waals surface area contributed by atoms with Gasteiger partial charge in [-0.3, -0.25) is 14.5 Å². The highest BCUT2D eigenvalue weighted by atomic mass is 19.1. The molecule has 1 aliphatic carbocycles. The number of piperazine rings is 1. The lowest BCUT2D eigenvalue weighted by Crippen LogP contribution is -2.47. The molecule has 3 fully saturated rings. The van der Waals surface area contributed by atoms with Gasteiger partial charge in [-0.2, -0.15) is 0 Å². The van der Waals surface area contributed by atoms with Crippen LogP contribution in [-0.2, 0) is 9.53 Å². The molecule has 2 amide bonds. The lowest BCUT2D eigenvalue weighted by atomic mass is 10.1. The Labute approximate surface area is 246 Å². The second kappa shape index (κ2) is 11.1. The van der Waals surface area contributed by atoms with Gasteiger partial charge >= 0.3 is 12.1 Å². The number of nitrogens with zero attached hydrogens (tertiary/aromatic N) is 4. The van der Waals surface area contributed by atoms with Gasteiger partial charge in [0.2, 0.25) is 11.3 Å². The van der Waals surface area contributed by atoms with Crippen LogP contribution in [0.4, 0.5) is 26.2 Å². The fourth-order valence-corrected chi connectivity index (χ4v) is 5.86. The van der Waals surface area contributed by atoms with Crippen LogP contribution in [0.15, 0.2) is 41.3 Å². The van der Waals surface area contributed by atoms with Crippen LogP contribution >= 0.6 is 0 Å². The molecule has 2 saturated heterocycles. The molecule has 3 aromatic rings. The highest BCUT2D eigenvalue weighted by Crippen LogP contribution is 2.42. The van der Waals surface area contributed by atoms with E-state index in [4.69, 9.17) is 9.47 Å². The molecule has 1 saturated carbocycles. The highest BCUT2D eigenvalue weighted by molar-refractivity contribution is 5.97. The molecule has 3 aliphatic rings. The molecule has 226 valence electrons. The van der Waals surface area contributed by atoms with E-state index < -0.39 is 29.4 Å². The summed E-state index contributed by atoms with van der Waals surface area (Å²) in [5.74, 6) is -1.43. The van der Waals surface area contributed by atoms with Gasteiger partial charge in [-0.05, 0) is 43.2 Å². The molecule has 13 heteroatoms. The molecule has 0 spiro atoms. The molecule has 1 atom stereocenters. The first-order valence-electron chi connectivity index (χ1n) is 14.2. The van der Waals surface area contributed by atoms with Crippen LogP contribution < -0.4 is 30.2 Å². The predicted octanol–water partition coefficient (Wildman–Crippen LogP) is 2.97. The number of hydrogen-bond acceptors (Lipinski definition) is 8. The van der Waals surface area contributed by atoms with E-state index in [0.29, 0.717) is 54.2 Å². The predicted molar refractivity (Wildman–Crippen MR) is 157 cm³/mol. The summed E-state index contributed by atoms with van der Waals surface area (Å²) in [5, 5.41) is 12.5. The van der Waals surface area contributed by atoms with Crippen molar-refractivity contribution in [2.45, 2.75) is 31.9 Å². The Morgan fingerprint density at radius 1 is 1.07 bits per heavy atom. The second-order valence-electron chi connectivity index (χ2n) is 11.0. The maximum Gasteiger partial charge on any atom is 0.414 e. The molecule has 3 heterocycles. The second-order valence-corrected chi connectivity index (χ2v) is 11.0. The number of rotatable bonds is 8. The van der Waals surface area contributed by atoms with Crippen molar-refractivity contribution >= 4 is 45.9 Å². The summed E-state index contributed by atoms with van der Waals surface area (Å²) in [6.07, 6.45) is 2.10. The zero-order valence-corrected chi connectivity index (χ0v) is 23.8. The summed E-state index contributed by atoms with van der Waals surface area (Å²) >= 11 is 0. The van der Waals surface area contributed by atoms with Gasteiger partial charge in [-0.25, -0.2) is 14.0 Å². The van der Waals surface area contributed by atoms with Gasteiger partial charge in [0.25, 0.3) is 0 Å². The van der Waals surface area contributed by atoms with Gasteiger partial charge in [0.05, 0.1) is 48.2 Å². The van der Waals surface area contributed by atoms with Crippen LogP contribution in [0.25, 0.3) is 10.9 Å². The zero-order valence-electron chi connectivity index (χ0n) is 23.8. The van der Waals surface area contributed by atoms with Crippen molar-refractivity contribution in [3.63, 3.8) is 0 Å². The molecule has 0 radical (unpaired) electrons. The average Bonchev–Trinajstić information content (AvgIpc) is 3.76. The third kappa shape index (κ3) is 5.30. The smallest absolute Gasteiger partial charge is 0.414 e. The minimum absolute atomic E-state index is 0.110. The molecule has 6 rings (SSSR count). The Kier molecular flexibility index (Phi) is 7.32. The summed E-state index contributed by atoms with van der Waals surface area (Å²) in [6.45, 7) is 3.89. The summed E-state index contributed by atoms with van der Waals surface area (Å²) < 4.78 is 28.3. The SMILES string of the molecule is COc1c(N2CCN(c3ccc(N4C[C@H](CNC(C)=O)OC4=O)cc3F)CC2)ccc2c(=O)c(C(=O)O)cn(C3CC3)c12. The standard InChI is InChI=1S/C30H32FN5O7/c1-17(37)32-14-20-15-36(30(41)43-20)19-5-7-24(23(31)13-19)33-9-11-34(12-10-33)25-8-6-21-26(28(25)42-2)35(18-3-4-18)16-22(27(21)38)29(39)40/h5-8,13,16,18,20H,3-4,9-12,14-15H2,1-2H3,(H,32,37)(H,39,40)/t20-/m0/s1. The van der Waals surface area contributed by atoms with Crippen molar-refractivity contribution in [1.29, 1.82) is 0 Å². The minimum Gasteiger partial charge on any atom is -0.492 e. The molecule has 0 unspecified atom stereocenters. The summed E-state index contributed by atoms with van der Waals surface area (Å²) in [5.41, 5.74) is 1.36. The molecule has 12 nitrogen and oxygen atoms in total. The molecule has 0 bridgehead atoms. The largest absolute Gasteiger partial charge is 0.492 e. The number of anilines is 3. The van der Waals surface area contributed by atoms with Crippen molar-refractivity contribution in [3.8, 4) is 5.75 Å². The Hall–Kier alpha value is -4.81. The first-order valence-corrected chi connectivity index (χ1v) is 14.2. The van der Waals surface area contributed by atoms with E-state index in [1.165, 1.54) is 31.2 Å². The topological polar surface area (TPSA) is 134 Å². The number of carboxylic acid groups (broad SMARTS) is 1. The first-order chi connectivity index (χ1) is 20.7. The van der Waals surface area contributed by atoms with Gasteiger partial charge in [-0.15, -0.1) is 0 Å². The monoisotopic (exact) mass is 593 g/mol. The van der Waals surface area contributed by atoms with Gasteiger partial charge in [0, 0.05) is 45.3 Å². The number of pyridine rings is 1. The van der Waals surface area contributed by atoms with Crippen molar-refractivity contribution in [2.24, 2.45) is 0 Å². The fourth-order valence-electron chi connectivity index (χ4n) is 5.86. The number of nitrogens with one attached hydrogen (secondary N) is 1. The average molecular weight is 594 g/mol. The maximum absolute atomic E-state index is 15.3. The molecule has 2 N–H and O–H groups in total. The van der Waals surface area contributed by atoms with E-state index in [9.17, 15) is 24.3 Å². The number of hydrogen-bond donors (Lipinski definition) is 2. The first kappa shape index (κ1) is 28.3. The Morgan fingerprint density at radius 3 is 2.35 bits per heavy atom. The van der Waals surface area contributed by atoms with E-state index in [2.05, 4.69) is 10.2 Å². The number of aromatic carboxylic acids is 1. The molecule has 1 aromatic heterocycles. The van der Waals surface area contributed by atoms with Gasteiger partial charge < -0.3 is 34.3 Å². The number of carboxylic acids is 1. The van der Waals surface area contributed by atoms with Crippen molar-refractivity contribution in [3.05, 3.63) is 58.1 Å². The lowest BCUT2D eigenvalue weighted by Gasteiger charge is -2.38. The number of amides is 2. The number of methoxy groups -OCH3 is 1. The molecule has 2 aromatic carbocycles. The van der Waals surface area contributed by atoms with Gasteiger partial charge in [-0.1, -0.05) is 0 Å². The molecular weight excluding hydrogens is 561 g/mol. The summed E-state index contributed by atoms with van der Waals surface area (Å²) in [4.78, 5) is 53.7. The van der Waals surface area contributed by atoms with Gasteiger partial charge in [0.1, 0.15) is 17.5 Å².